The summed E-state index contributed by atoms with van der Waals surface area (Å²) in [6, 6.07) is 18.3. The average Bonchev–Trinajstić information content (AvgIpc) is 3.45. The molecule has 5 nitrogen and oxygen atoms in total. The first-order valence-corrected chi connectivity index (χ1v) is 11.0. The van der Waals surface area contributed by atoms with Gasteiger partial charge in [-0.25, -0.2) is 4.98 Å². The van der Waals surface area contributed by atoms with Gasteiger partial charge in [-0.15, -0.1) is 22.7 Å². The molecule has 0 unspecified atom stereocenters. The molecular weight excluding hydrogens is 414 g/mol. The van der Waals surface area contributed by atoms with Crippen LogP contribution in [0, 0.1) is 11.3 Å². The number of aromatic nitrogens is 1. The number of hydrogen-bond acceptors (Lipinski definition) is 7. The highest BCUT2D eigenvalue weighted by molar-refractivity contribution is 7.23. The zero-order valence-corrected chi connectivity index (χ0v) is 17.8. The molecule has 0 aliphatic rings. The monoisotopic (exact) mass is 431 g/mol. The Balaban J connectivity index is 1.52. The van der Waals surface area contributed by atoms with Gasteiger partial charge in [0.2, 0.25) is 5.89 Å². The average molecular weight is 432 g/mol. The number of aliphatic hydroxyl groups is 1. The molecule has 0 atom stereocenters. The van der Waals surface area contributed by atoms with Crippen molar-refractivity contribution in [3.05, 3.63) is 59.3 Å². The van der Waals surface area contributed by atoms with E-state index < -0.39 is 0 Å². The van der Waals surface area contributed by atoms with Gasteiger partial charge in [-0.1, -0.05) is 12.1 Å². The summed E-state index contributed by atoms with van der Waals surface area (Å²) in [6.45, 7) is 0.750. The molecule has 3 aromatic heterocycles. The van der Waals surface area contributed by atoms with E-state index in [2.05, 4.69) is 40.2 Å². The predicted octanol–water partition coefficient (Wildman–Crippen LogP) is 5.75. The molecule has 7 heteroatoms. The first-order valence-electron chi connectivity index (χ1n) is 9.41. The third kappa shape index (κ3) is 3.35. The van der Waals surface area contributed by atoms with Gasteiger partial charge in [0.25, 0.3) is 0 Å². The molecule has 0 bridgehead atoms. The quantitative estimate of drug-likeness (QED) is 0.359. The molecule has 5 aromatic rings. The van der Waals surface area contributed by atoms with Crippen molar-refractivity contribution in [3.8, 4) is 6.07 Å². The summed E-state index contributed by atoms with van der Waals surface area (Å²) in [7, 11) is 1.99. The lowest BCUT2D eigenvalue weighted by Crippen LogP contribution is -2.19. The van der Waals surface area contributed by atoms with Gasteiger partial charge in [0.05, 0.1) is 11.6 Å². The van der Waals surface area contributed by atoms with Crippen LogP contribution in [0.2, 0.25) is 0 Å². The van der Waals surface area contributed by atoms with Crippen molar-refractivity contribution in [1.29, 1.82) is 5.26 Å². The second kappa shape index (κ2) is 7.58. The Bertz CT molecular complexity index is 1370. The van der Waals surface area contributed by atoms with E-state index in [4.69, 9.17) is 9.52 Å². The fraction of sp³-hybridized carbons (Fsp3) is 0.130. The number of fused-ring (bicyclic) bond motifs is 3. The molecule has 0 radical (unpaired) electrons. The maximum Gasteiger partial charge on any atom is 0.238 e. The van der Waals surface area contributed by atoms with Crippen LogP contribution >= 0.6 is 22.7 Å². The van der Waals surface area contributed by atoms with Crippen molar-refractivity contribution in [3.63, 3.8) is 0 Å². The third-order valence-corrected chi connectivity index (χ3v) is 7.16. The second-order valence-corrected chi connectivity index (χ2v) is 9.14. The van der Waals surface area contributed by atoms with E-state index in [1.165, 1.54) is 10.1 Å². The number of anilines is 1. The summed E-state index contributed by atoms with van der Waals surface area (Å²) in [5.41, 5.74) is 1.83. The Kier molecular flexibility index (Phi) is 4.75. The molecule has 30 heavy (non-hydrogen) atoms. The minimum absolute atomic E-state index is 0.136. The van der Waals surface area contributed by atoms with Crippen LogP contribution in [0.25, 0.3) is 42.9 Å². The van der Waals surface area contributed by atoms with E-state index in [1.807, 2.05) is 37.4 Å². The number of para-hydroxylation sites is 2. The van der Waals surface area contributed by atoms with Gasteiger partial charge >= 0.3 is 0 Å². The van der Waals surface area contributed by atoms with Crippen molar-refractivity contribution in [2.24, 2.45) is 0 Å². The number of allylic oxidation sites excluding steroid dienone is 1. The van der Waals surface area contributed by atoms with Crippen LogP contribution in [0.15, 0.2) is 52.9 Å². The molecule has 0 amide bonds. The van der Waals surface area contributed by atoms with Crippen LogP contribution < -0.4 is 4.90 Å². The maximum atomic E-state index is 9.65. The number of oxazole rings is 1. The molecule has 0 fully saturated rings. The van der Waals surface area contributed by atoms with E-state index in [9.17, 15) is 5.26 Å². The largest absolute Gasteiger partial charge is 0.435 e. The van der Waals surface area contributed by atoms with Crippen molar-refractivity contribution in [2.75, 3.05) is 25.1 Å². The molecule has 0 aliphatic carbocycles. The summed E-state index contributed by atoms with van der Waals surface area (Å²) in [4.78, 5) is 7.49. The fourth-order valence-corrected chi connectivity index (χ4v) is 5.49. The van der Waals surface area contributed by atoms with Gasteiger partial charge in [-0.3, -0.25) is 0 Å². The van der Waals surface area contributed by atoms with Crippen molar-refractivity contribution < 1.29 is 9.52 Å². The molecule has 1 N–H and O–H groups in total. The fourth-order valence-electron chi connectivity index (χ4n) is 3.37. The summed E-state index contributed by atoms with van der Waals surface area (Å²) in [5, 5.41) is 22.3. The zero-order chi connectivity index (χ0) is 20.7. The molecule has 148 valence electrons. The summed E-state index contributed by atoms with van der Waals surface area (Å²) in [5.74, 6) is 0.341. The number of benzene rings is 2. The summed E-state index contributed by atoms with van der Waals surface area (Å²) < 4.78 is 8.12. The lowest BCUT2D eigenvalue weighted by atomic mass is 10.2. The van der Waals surface area contributed by atoms with Gasteiger partial charge in [0, 0.05) is 27.9 Å². The Morgan fingerprint density at radius 1 is 1.17 bits per heavy atom. The van der Waals surface area contributed by atoms with E-state index in [0.29, 0.717) is 23.6 Å². The highest BCUT2D eigenvalue weighted by Crippen LogP contribution is 2.38. The molecule has 3 heterocycles. The summed E-state index contributed by atoms with van der Waals surface area (Å²) in [6.07, 6.45) is 1.84. The number of likely N-dealkylation sites (N-methyl/N-ethyl adjacent to an activating group) is 1. The number of thiophene rings is 2. The second-order valence-electron chi connectivity index (χ2n) is 6.96. The van der Waals surface area contributed by atoms with Crippen molar-refractivity contribution in [1.82, 2.24) is 4.98 Å². The first-order chi connectivity index (χ1) is 14.6. The molecule has 0 saturated carbocycles. The first kappa shape index (κ1) is 18.8. The number of rotatable bonds is 5. The Morgan fingerprint density at radius 2 is 1.93 bits per heavy atom. The van der Waals surface area contributed by atoms with Crippen LogP contribution in [0.5, 0.6) is 0 Å². The number of nitrogens with zero attached hydrogens (tertiary/aromatic N) is 3. The number of aliphatic hydroxyl groups excluding tert-OH is 1. The van der Waals surface area contributed by atoms with Crippen LogP contribution in [-0.2, 0) is 0 Å². The summed E-state index contributed by atoms with van der Waals surface area (Å²) >= 11 is 3.35. The highest BCUT2D eigenvalue weighted by atomic mass is 32.1. The van der Waals surface area contributed by atoms with E-state index in [1.54, 1.807) is 22.7 Å². The zero-order valence-electron chi connectivity index (χ0n) is 16.1. The van der Waals surface area contributed by atoms with E-state index >= 15 is 0 Å². The smallest absolute Gasteiger partial charge is 0.238 e. The Morgan fingerprint density at radius 3 is 2.70 bits per heavy atom. The number of hydrogen-bond donors (Lipinski definition) is 1. The molecule has 0 saturated heterocycles. The van der Waals surface area contributed by atoms with Gasteiger partial charge in [0.1, 0.15) is 17.2 Å². The molecule has 2 aromatic carbocycles. The van der Waals surface area contributed by atoms with Crippen LogP contribution in [0.1, 0.15) is 10.8 Å². The highest BCUT2D eigenvalue weighted by Gasteiger charge is 2.13. The van der Waals surface area contributed by atoms with Crippen molar-refractivity contribution in [2.45, 2.75) is 0 Å². The van der Waals surface area contributed by atoms with Crippen LogP contribution in [0.3, 0.4) is 0 Å². The Hall–Kier alpha value is -3.18. The normalized spacial score (nSPS) is 12.1. The molecule has 0 aliphatic heterocycles. The maximum absolute atomic E-state index is 9.65. The topological polar surface area (TPSA) is 73.3 Å². The van der Waals surface area contributed by atoms with Crippen LogP contribution in [-0.4, -0.2) is 30.3 Å². The standard InChI is InChI=1S/C23H17N3O2S2/c1-26(6-7-27)22-12-15-11-20-14(10-21(15)30-22)8-17(29-20)9-16(13-24)23-25-18-4-2-3-5-19(18)28-23/h2-5,8-12,27H,6-7H2,1H3/b16-9+. The lowest BCUT2D eigenvalue weighted by Gasteiger charge is -2.14. The van der Waals surface area contributed by atoms with Gasteiger partial charge in [-0.2, -0.15) is 5.26 Å². The molecule has 0 spiro atoms. The lowest BCUT2D eigenvalue weighted by molar-refractivity contribution is 0.304. The molecular formula is C23H17N3O2S2. The number of nitriles is 1. The van der Waals surface area contributed by atoms with Crippen molar-refractivity contribution >= 4 is 70.6 Å². The van der Waals surface area contributed by atoms with Gasteiger partial charge in [0.15, 0.2) is 5.58 Å². The van der Waals surface area contributed by atoms with Gasteiger partial charge < -0.3 is 14.4 Å². The van der Waals surface area contributed by atoms with E-state index in [-0.39, 0.29) is 6.61 Å². The van der Waals surface area contributed by atoms with Gasteiger partial charge in [-0.05, 0) is 53.2 Å². The Labute approximate surface area is 180 Å². The van der Waals surface area contributed by atoms with E-state index in [0.717, 1.165) is 25.5 Å². The minimum Gasteiger partial charge on any atom is -0.435 e. The van der Waals surface area contributed by atoms with Crippen LogP contribution in [0.4, 0.5) is 5.00 Å². The molecule has 5 rings (SSSR count). The SMILES string of the molecule is CN(CCO)c1cc2cc3sc(/C=C(\C#N)c4nc5ccccc5o4)cc3cc2s1. The predicted molar refractivity (Wildman–Crippen MR) is 125 cm³/mol. The minimum atomic E-state index is 0.136. The third-order valence-electron chi connectivity index (χ3n) is 4.90.